The van der Waals surface area contributed by atoms with Gasteiger partial charge in [0.1, 0.15) is 6.10 Å². The van der Waals surface area contributed by atoms with E-state index in [1.54, 1.807) is 12.3 Å². The van der Waals surface area contributed by atoms with Crippen LogP contribution in [0.5, 0.6) is 0 Å². The number of para-hydroxylation sites is 1. The first-order chi connectivity index (χ1) is 12.8. The van der Waals surface area contributed by atoms with Crippen LogP contribution >= 0.6 is 0 Å². The number of hydrogen-bond acceptors (Lipinski definition) is 3. The molecule has 1 fully saturated rings. The van der Waals surface area contributed by atoms with Gasteiger partial charge in [-0.1, -0.05) is 54.6 Å². The van der Waals surface area contributed by atoms with E-state index in [1.807, 2.05) is 71.6 Å². The van der Waals surface area contributed by atoms with E-state index in [2.05, 4.69) is 4.98 Å². The van der Waals surface area contributed by atoms with Crippen LogP contribution in [-0.2, 0) is 9.53 Å². The number of morpholine rings is 1. The molecule has 4 nitrogen and oxygen atoms in total. The molecule has 1 amide bonds. The molecule has 1 aliphatic heterocycles. The fourth-order valence-corrected chi connectivity index (χ4v) is 3.25. The van der Waals surface area contributed by atoms with Gasteiger partial charge in [0.15, 0.2) is 0 Å². The van der Waals surface area contributed by atoms with E-state index in [0.717, 1.165) is 22.0 Å². The van der Waals surface area contributed by atoms with Crippen LogP contribution in [0, 0.1) is 0 Å². The van der Waals surface area contributed by atoms with E-state index in [-0.39, 0.29) is 12.0 Å². The topological polar surface area (TPSA) is 42.4 Å². The quantitative estimate of drug-likeness (QED) is 0.678. The molecule has 0 bridgehead atoms. The van der Waals surface area contributed by atoms with Crippen LogP contribution in [0.15, 0.2) is 72.9 Å². The molecule has 0 aliphatic carbocycles. The van der Waals surface area contributed by atoms with Gasteiger partial charge in [-0.25, -0.2) is 0 Å². The lowest BCUT2D eigenvalue weighted by Crippen LogP contribution is -2.41. The minimum Gasteiger partial charge on any atom is -0.370 e. The average molecular weight is 344 g/mol. The van der Waals surface area contributed by atoms with Gasteiger partial charge in [0.2, 0.25) is 5.91 Å². The zero-order chi connectivity index (χ0) is 17.8. The largest absolute Gasteiger partial charge is 0.370 e. The number of amides is 1. The molecule has 1 unspecified atom stereocenters. The Morgan fingerprint density at radius 3 is 2.81 bits per heavy atom. The highest BCUT2D eigenvalue weighted by Gasteiger charge is 2.24. The molecule has 1 atom stereocenters. The number of hydrogen-bond donors (Lipinski definition) is 0. The van der Waals surface area contributed by atoms with Gasteiger partial charge in [-0.05, 0) is 17.7 Å². The summed E-state index contributed by atoms with van der Waals surface area (Å²) in [6.07, 6.45) is 5.19. The maximum Gasteiger partial charge on any atom is 0.246 e. The maximum absolute atomic E-state index is 12.6. The van der Waals surface area contributed by atoms with Gasteiger partial charge in [0.25, 0.3) is 0 Å². The Kier molecular flexibility index (Phi) is 4.75. The number of rotatable bonds is 3. The fraction of sp³-hybridized carbons (Fsp3) is 0.182. The summed E-state index contributed by atoms with van der Waals surface area (Å²) in [5.74, 6) is 0.00200. The minimum absolute atomic E-state index is 0.00200. The molecular weight excluding hydrogens is 324 g/mol. The van der Waals surface area contributed by atoms with Crippen molar-refractivity contribution in [2.75, 3.05) is 19.7 Å². The molecule has 4 rings (SSSR count). The fourth-order valence-electron chi connectivity index (χ4n) is 3.25. The lowest BCUT2D eigenvalue weighted by atomic mass is 10.1. The zero-order valence-electron chi connectivity index (χ0n) is 14.4. The first-order valence-corrected chi connectivity index (χ1v) is 8.78. The molecular formula is C22H20N2O2. The number of pyridine rings is 1. The maximum atomic E-state index is 12.6. The predicted octanol–water partition coefficient (Wildman–Crippen LogP) is 3.85. The van der Waals surface area contributed by atoms with Crippen molar-refractivity contribution in [2.24, 2.45) is 0 Å². The molecule has 1 aliphatic rings. The summed E-state index contributed by atoms with van der Waals surface area (Å²) in [7, 11) is 0. The van der Waals surface area contributed by atoms with Crippen molar-refractivity contribution in [1.29, 1.82) is 0 Å². The van der Waals surface area contributed by atoms with Gasteiger partial charge in [-0.15, -0.1) is 0 Å². The van der Waals surface area contributed by atoms with Crippen LogP contribution < -0.4 is 0 Å². The van der Waals surface area contributed by atoms with Crippen molar-refractivity contribution in [2.45, 2.75) is 6.10 Å². The molecule has 0 N–H and O–H groups in total. The number of benzene rings is 2. The van der Waals surface area contributed by atoms with Crippen LogP contribution in [0.3, 0.4) is 0 Å². The van der Waals surface area contributed by atoms with Crippen molar-refractivity contribution in [3.05, 3.63) is 84.1 Å². The molecule has 4 heteroatoms. The van der Waals surface area contributed by atoms with Gasteiger partial charge in [-0.2, -0.15) is 0 Å². The number of ether oxygens (including phenoxy) is 1. The lowest BCUT2D eigenvalue weighted by molar-refractivity contribution is -0.133. The van der Waals surface area contributed by atoms with Crippen LogP contribution in [0.1, 0.15) is 17.2 Å². The minimum atomic E-state index is -0.0680. The first kappa shape index (κ1) is 16.5. The standard InChI is InChI=1S/C22H20N2O2/c25-21(12-11-19-9-4-8-18-10-5-13-23-22(18)19)24-14-15-26-20(16-24)17-6-2-1-3-7-17/h1-13,20H,14-16H2. The SMILES string of the molecule is O=C(C=Cc1cccc2cccnc12)N1CCOC(c2ccccc2)C1. The van der Waals surface area contributed by atoms with Crippen molar-refractivity contribution in [3.8, 4) is 0 Å². The Labute approximate surface area is 152 Å². The molecule has 130 valence electrons. The molecule has 0 spiro atoms. The van der Waals surface area contributed by atoms with Crippen LogP contribution in [0.25, 0.3) is 17.0 Å². The molecule has 26 heavy (non-hydrogen) atoms. The Balaban J connectivity index is 1.49. The summed E-state index contributed by atoms with van der Waals surface area (Å²) in [6, 6.07) is 20.0. The van der Waals surface area contributed by atoms with Gasteiger partial charge >= 0.3 is 0 Å². The summed E-state index contributed by atoms with van der Waals surface area (Å²) in [5, 5.41) is 1.07. The van der Waals surface area contributed by atoms with E-state index in [1.165, 1.54) is 0 Å². The van der Waals surface area contributed by atoms with Crippen molar-refractivity contribution < 1.29 is 9.53 Å². The van der Waals surface area contributed by atoms with Crippen LogP contribution in [-0.4, -0.2) is 35.5 Å². The van der Waals surface area contributed by atoms with Gasteiger partial charge in [0, 0.05) is 29.8 Å². The highest BCUT2D eigenvalue weighted by Crippen LogP contribution is 2.22. The number of carbonyl (C=O) groups excluding carboxylic acids is 1. The molecule has 0 radical (unpaired) electrons. The highest BCUT2D eigenvalue weighted by atomic mass is 16.5. The van der Waals surface area contributed by atoms with E-state index in [9.17, 15) is 4.79 Å². The average Bonchev–Trinajstić information content (AvgIpc) is 2.72. The van der Waals surface area contributed by atoms with E-state index < -0.39 is 0 Å². The summed E-state index contributed by atoms with van der Waals surface area (Å²) < 4.78 is 5.84. The van der Waals surface area contributed by atoms with Crippen molar-refractivity contribution in [1.82, 2.24) is 9.88 Å². The molecule has 0 saturated carbocycles. The number of aromatic nitrogens is 1. The van der Waals surface area contributed by atoms with Gasteiger partial charge in [-0.3, -0.25) is 9.78 Å². The third-order valence-corrected chi connectivity index (χ3v) is 4.62. The summed E-state index contributed by atoms with van der Waals surface area (Å²) in [4.78, 5) is 18.9. The zero-order valence-corrected chi connectivity index (χ0v) is 14.4. The Morgan fingerprint density at radius 2 is 1.92 bits per heavy atom. The van der Waals surface area contributed by atoms with Gasteiger partial charge in [0.05, 0.1) is 18.7 Å². The second-order valence-electron chi connectivity index (χ2n) is 6.31. The smallest absolute Gasteiger partial charge is 0.246 e. The molecule has 2 heterocycles. The van der Waals surface area contributed by atoms with Crippen molar-refractivity contribution in [3.63, 3.8) is 0 Å². The molecule has 3 aromatic rings. The Bertz CT molecular complexity index is 932. The highest BCUT2D eigenvalue weighted by molar-refractivity contribution is 5.95. The summed E-state index contributed by atoms with van der Waals surface area (Å²) >= 11 is 0. The first-order valence-electron chi connectivity index (χ1n) is 8.78. The van der Waals surface area contributed by atoms with E-state index in [0.29, 0.717) is 19.7 Å². The van der Waals surface area contributed by atoms with Crippen LogP contribution in [0.2, 0.25) is 0 Å². The third kappa shape index (κ3) is 3.51. The molecule has 1 aromatic heterocycles. The van der Waals surface area contributed by atoms with Gasteiger partial charge < -0.3 is 9.64 Å². The van der Waals surface area contributed by atoms with E-state index >= 15 is 0 Å². The molecule has 2 aromatic carbocycles. The Morgan fingerprint density at radius 1 is 1.08 bits per heavy atom. The molecule has 1 saturated heterocycles. The lowest BCUT2D eigenvalue weighted by Gasteiger charge is -2.32. The number of fused-ring (bicyclic) bond motifs is 1. The Hall–Kier alpha value is -2.98. The summed E-state index contributed by atoms with van der Waals surface area (Å²) in [6.45, 7) is 1.73. The van der Waals surface area contributed by atoms with Crippen LogP contribution in [0.4, 0.5) is 0 Å². The van der Waals surface area contributed by atoms with E-state index in [4.69, 9.17) is 4.74 Å². The normalized spacial score (nSPS) is 17.7. The monoisotopic (exact) mass is 344 g/mol. The van der Waals surface area contributed by atoms with Crippen molar-refractivity contribution >= 4 is 22.9 Å². The number of nitrogens with zero attached hydrogens (tertiary/aromatic N) is 2. The number of carbonyl (C=O) groups is 1. The third-order valence-electron chi connectivity index (χ3n) is 4.62. The predicted molar refractivity (Wildman–Crippen MR) is 102 cm³/mol. The summed E-state index contributed by atoms with van der Waals surface area (Å²) in [5.41, 5.74) is 2.96. The second kappa shape index (κ2) is 7.50. The second-order valence-corrected chi connectivity index (χ2v) is 6.31.